The van der Waals surface area contributed by atoms with Crippen LogP contribution in [0.3, 0.4) is 0 Å². The molecule has 0 radical (unpaired) electrons. The van der Waals surface area contributed by atoms with Gasteiger partial charge < -0.3 is 31.5 Å². The van der Waals surface area contributed by atoms with E-state index in [0.717, 1.165) is 109 Å². The third kappa shape index (κ3) is 14.7. The maximum Gasteiger partial charge on any atom is 1.00 e. The van der Waals surface area contributed by atoms with Crippen molar-refractivity contribution in [1.82, 2.24) is 9.97 Å². The molecule has 36 heteroatoms. The molecule has 0 spiro atoms. The largest absolute Gasteiger partial charge is 1.00 e. The number of phenols is 2. The summed E-state index contributed by atoms with van der Waals surface area (Å²) in [5.74, 6) is -4.11. The molecule has 0 aliphatic carbocycles. The number of rotatable bonds is 16. The molecule has 8 aromatic rings. The van der Waals surface area contributed by atoms with Crippen LogP contribution in [-0.2, 0) is 60.7 Å². The standard InChI is InChI=1S/C49H36N6O23S6.Na/c56-45-35(23-41(83(73,74)75)33-3-1-17-50-43(33)45)47(58)52-29-13-9-25(37(19-29)79(61,62)63)5-7-27-11-15-31(21-39(27)81(67,68)69)54-49(60)55-32-16-12-28(40(22-32)82(70,71)72)8-6-26-10-14-30(20-38(26)80(64,65)66)53-48(59)36-24-42(84(76,77)78)34-4-2-18-51-44(34)46(36)57;/h1-24,56-57H,(H,52,58)(H,53,59)(H2,54,55,60)(H,61,62,63)(H,64,65,66)(H,67,68,69)(H,70,71,72)(H,73,74,75)(H,76,77,78);/q;+1/b7-5+,8-6+;. The van der Waals surface area contributed by atoms with Crippen LogP contribution in [0, 0.1) is 0 Å². The molecule has 0 saturated heterocycles. The Morgan fingerprint density at radius 3 is 0.882 bits per heavy atom. The van der Waals surface area contributed by atoms with E-state index in [1.54, 1.807) is 0 Å². The zero-order chi connectivity index (χ0) is 61.6. The molecule has 436 valence electrons. The van der Waals surface area contributed by atoms with Crippen molar-refractivity contribution in [2.24, 2.45) is 0 Å². The van der Waals surface area contributed by atoms with E-state index in [2.05, 4.69) is 31.2 Å². The van der Waals surface area contributed by atoms with Crippen molar-refractivity contribution in [3.05, 3.63) is 155 Å². The summed E-state index contributed by atoms with van der Waals surface area (Å²) in [6.07, 6.45) is 6.16. The Bertz CT molecular complexity index is 4640. The molecule has 2 aromatic heterocycles. The Hall–Kier alpha value is -8.11. The van der Waals surface area contributed by atoms with E-state index >= 15 is 0 Å². The molecule has 0 atom stereocenters. The monoisotopic (exact) mass is 1290 g/mol. The SMILES string of the molecule is O=C(Nc1ccc(/C=C/c2ccc(NC(=O)c3cc(S(=O)(=O)O)c4cccnc4c3O)cc2S(=O)(=O)O)c(S(=O)(=O)O)c1)Nc1ccc(/C=C/c2ccc(NC(=O)c3cc(S(=O)(=O)O)c4cccnc4c3O)cc2S(=O)(=O)O)c(S(=O)(=O)O)c1.[Na+]. The maximum atomic E-state index is 13.3. The van der Waals surface area contributed by atoms with Crippen LogP contribution in [-0.4, -0.2) is 116 Å². The molecule has 0 aliphatic heterocycles. The number of nitrogens with zero attached hydrogens (tertiary/aromatic N) is 2. The summed E-state index contributed by atoms with van der Waals surface area (Å²) in [6.45, 7) is 0. The molecule has 0 fully saturated rings. The Balaban J connectivity index is 0.0000104. The number of nitrogens with one attached hydrogen (secondary N) is 4. The summed E-state index contributed by atoms with van der Waals surface area (Å²) in [5.41, 5.74) is -5.02. The van der Waals surface area contributed by atoms with Gasteiger partial charge in [-0.25, -0.2) is 4.79 Å². The van der Waals surface area contributed by atoms with Crippen LogP contribution in [0.4, 0.5) is 27.5 Å². The number of anilines is 4. The van der Waals surface area contributed by atoms with Crippen molar-refractivity contribution >= 4 is 147 Å². The quantitative estimate of drug-likeness (QED) is 0.0375. The molecule has 12 N–H and O–H groups in total. The number of hydrogen-bond donors (Lipinski definition) is 12. The number of pyridine rings is 2. The third-order valence-electron chi connectivity index (χ3n) is 11.8. The van der Waals surface area contributed by atoms with Crippen molar-refractivity contribution in [1.29, 1.82) is 0 Å². The fourth-order valence-corrected chi connectivity index (χ4v) is 12.4. The third-order valence-corrected chi connectivity index (χ3v) is 17.2. The van der Waals surface area contributed by atoms with E-state index in [1.807, 2.05) is 0 Å². The van der Waals surface area contributed by atoms with Gasteiger partial charge in [-0.1, -0.05) is 48.6 Å². The van der Waals surface area contributed by atoms with Gasteiger partial charge in [0.1, 0.15) is 40.4 Å². The number of benzene rings is 6. The molecule has 0 bridgehead atoms. The van der Waals surface area contributed by atoms with E-state index in [-0.39, 0.29) is 85.3 Å². The molecule has 8 rings (SSSR count). The average molecular weight is 1290 g/mol. The van der Waals surface area contributed by atoms with Gasteiger partial charge >= 0.3 is 35.6 Å². The van der Waals surface area contributed by atoms with E-state index in [1.165, 1.54) is 24.3 Å². The van der Waals surface area contributed by atoms with E-state index in [4.69, 9.17) is 0 Å². The molecule has 2 heterocycles. The number of fused-ring (bicyclic) bond motifs is 2. The molecule has 0 unspecified atom stereocenters. The van der Waals surface area contributed by atoms with Crippen LogP contribution in [0.1, 0.15) is 43.0 Å². The second-order valence-corrected chi connectivity index (χ2v) is 25.7. The number of carbonyl (C=O) groups is 3. The predicted molar refractivity (Wildman–Crippen MR) is 298 cm³/mol. The first-order valence-electron chi connectivity index (χ1n) is 22.7. The smallest absolute Gasteiger partial charge is 0.505 e. The van der Waals surface area contributed by atoms with Gasteiger partial charge in [0.2, 0.25) is 0 Å². The van der Waals surface area contributed by atoms with Crippen LogP contribution < -0.4 is 50.8 Å². The normalized spacial score (nSPS) is 12.5. The Morgan fingerprint density at radius 1 is 0.365 bits per heavy atom. The number of aromatic nitrogens is 2. The molecular formula is C49H36N6NaO23S6+. The minimum absolute atomic E-state index is 0. The van der Waals surface area contributed by atoms with Crippen molar-refractivity contribution in [2.75, 3.05) is 21.3 Å². The summed E-state index contributed by atoms with van der Waals surface area (Å²) in [6, 6.07) is 16.5. The van der Waals surface area contributed by atoms with Crippen molar-refractivity contribution in [2.45, 2.75) is 29.4 Å². The Labute approximate surface area is 502 Å². The number of aromatic hydroxyl groups is 2. The topological polar surface area (TPSA) is 492 Å². The summed E-state index contributed by atoms with van der Waals surface area (Å²) in [5, 5.41) is 30.0. The molecule has 0 saturated carbocycles. The molecule has 0 aliphatic rings. The van der Waals surface area contributed by atoms with Gasteiger partial charge in [-0.05, 0) is 107 Å². The van der Waals surface area contributed by atoms with E-state index < -0.39 is 142 Å². The van der Waals surface area contributed by atoms with Crippen LogP contribution in [0.2, 0.25) is 0 Å². The van der Waals surface area contributed by atoms with Gasteiger partial charge in [0, 0.05) is 45.9 Å². The van der Waals surface area contributed by atoms with Crippen molar-refractivity contribution < 1.29 is 132 Å². The first kappa shape index (κ1) is 64.5. The number of hydrogen-bond acceptors (Lipinski definition) is 19. The minimum atomic E-state index is -5.18. The molecular weight excluding hydrogens is 1260 g/mol. The molecule has 85 heavy (non-hydrogen) atoms. The van der Waals surface area contributed by atoms with Crippen LogP contribution in [0.5, 0.6) is 11.5 Å². The maximum absolute atomic E-state index is 13.3. The number of urea groups is 1. The zero-order valence-electron chi connectivity index (χ0n) is 42.4. The number of phenolic OH excluding ortho intramolecular Hbond substituents is 2. The fourth-order valence-electron chi connectivity index (χ4n) is 8.11. The number of amides is 4. The Morgan fingerprint density at radius 2 is 0.624 bits per heavy atom. The fraction of sp³-hybridized carbons (Fsp3) is 0. The number of carbonyl (C=O) groups excluding carboxylic acids is 3. The Kier molecular flexibility index (Phi) is 18.3. The second kappa shape index (κ2) is 24.1. The van der Waals surface area contributed by atoms with Crippen LogP contribution in [0.25, 0.3) is 46.1 Å². The van der Waals surface area contributed by atoms with Gasteiger partial charge in [0.15, 0.2) is 11.5 Å². The van der Waals surface area contributed by atoms with Gasteiger partial charge in [-0.2, -0.15) is 50.5 Å². The minimum Gasteiger partial charge on any atom is -0.505 e. The molecule has 29 nitrogen and oxygen atoms in total. The summed E-state index contributed by atoms with van der Waals surface area (Å²) in [4.78, 5) is 42.3. The zero-order valence-corrected chi connectivity index (χ0v) is 49.3. The summed E-state index contributed by atoms with van der Waals surface area (Å²) >= 11 is 0. The van der Waals surface area contributed by atoms with E-state index in [0.29, 0.717) is 12.1 Å². The van der Waals surface area contributed by atoms with Gasteiger partial charge in [0.25, 0.3) is 72.5 Å². The molecule has 6 aromatic carbocycles. The second-order valence-electron chi connectivity index (χ2n) is 17.4. The molecule has 4 amide bonds. The van der Waals surface area contributed by atoms with E-state index in [9.17, 15) is 102 Å². The van der Waals surface area contributed by atoms with Gasteiger partial charge in [-0.3, -0.25) is 46.9 Å². The van der Waals surface area contributed by atoms with Crippen molar-refractivity contribution in [3.63, 3.8) is 0 Å². The predicted octanol–water partition coefficient (Wildman–Crippen LogP) is 3.17. The first-order valence-corrected chi connectivity index (χ1v) is 31.3. The van der Waals surface area contributed by atoms with Crippen molar-refractivity contribution in [3.8, 4) is 11.5 Å². The van der Waals surface area contributed by atoms with Crippen LogP contribution in [0.15, 0.2) is 151 Å². The summed E-state index contributed by atoms with van der Waals surface area (Å²) < 4.78 is 209. The first-order chi connectivity index (χ1) is 39.0. The van der Waals surface area contributed by atoms with Crippen LogP contribution >= 0.6 is 0 Å². The van der Waals surface area contributed by atoms with Gasteiger partial charge in [-0.15, -0.1) is 0 Å². The average Bonchev–Trinajstić information content (AvgIpc) is 1.42. The van der Waals surface area contributed by atoms with Gasteiger partial charge in [0.05, 0.1) is 11.1 Å². The summed E-state index contributed by atoms with van der Waals surface area (Å²) in [7, 11) is -30.7.